The van der Waals surface area contributed by atoms with Crippen molar-refractivity contribution in [3.63, 3.8) is 0 Å². The molecule has 3 nitrogen and oxygen atoms in total. The fraction of sp³-hybridized carbons (Fsp3) is 0.909. The summed E-state index contributed by atoms with van der Waals surface area (Å²) in [4.78, 5) is 13.9. The molecule has 3 heteroatoms. The van der Waals surface area contributed by atoms with E-state index in [9.17, 15) is 4.79 Å². The van der Waals surface area contributed by atoms with Gasteiger partial charge in [-0.3, -0.25) is 4.79 Å². The van der Waals surface area contributed by atoms with Crippen LogP contribution in [-0.4, -0.2) is 29.9 Å². The maximum atomic E-state index is 12.0. The minimum absolute atomic E-state index is 0.0778. The van der Waals surface area contributed by atoms with Crippen LogP contribution in [-0.2, 0) is 4.79 Å². The largest absolute Gasteiger partial charge is 0.343 e. The van der Waals surface area contributed by atoms with Crippen molar-refractivity contribution in [1.82, 2.24) is 4.90 Å². The van der Waals surface area contributed by atoms with E-state index < -0.39 is 0 Å². The molecule has 14 heavy (non-hydrogen) atoms. The molecule has 0 aromatic heterocycles. The topological polar surface area (TPSA) is 46.3 Å². The molecule has 1 rings (SSSR count). The third kappa shape index (κ3) is 2.27. The van der Waals surface area contributed by atoms with E-state index in [0.29, 0.717) is 6.04 Å². The molecule has 1 fully saturated rings. The Hall–Kier alpha value is -0.570. The summed E-state index contributed by atoms with van der Waals surface area (Å²) in [5.74, 6) is 0.318. The Morgan fingerprint density at radius 2 is 2.21 bits per heavy atom. The molecule has 2 N–H and O–H groups in total. The van der Waals surface area contributed by atoms with Gasteiger partial charge in [-0.15, -0.1) is 0 Å². The van der Waals surface area contributed by atoms with Crippen molar-refractivity contribution in [2.24, 2.45) is 11.7 Å². The van der Waals surface area contributed by atoms with Crippen LogP contribution in [0.5, 0.6) is 0 Å². The van der Waals surface area contributed by atoms with E-state index in [1.54, 1.807) is 0 Å². The first-order valence-corrected chi connectivity index (χ1v) is 5.60. The fourth-order valence-electron chi connectivity index (χ4n) is 2.05. The molecular formula is C11H22N2O. The molecule has 3 unspecified atom stereocenters. The molecule has 0 heterocycles. The number of hydrogen-bond donors (Lipinski definition) is 1. The lowest BCUT2D eigenvalue weighted by atomic mass is 10.0. The van der Waals surface area contributed by atoms with Crippen LogP contribution in [0.1, 0.15) is 39.5 Å². The molecule has 1 aliphatic carbocycles. The van der Waals surface area contributed by atoms with Crippen molar-refractivity contribution in [1.29, 1.82) is 0 Å². The SMILES string of the molecule is CCC(C)N(C)C(=O)C1CCCC1N. The van der Waals surface area contributed by atoms with Crippen molar-refractivity contribution in [2.75, 3.05) is 7.05 Å². The molecule has 0 aromatic rings. The highest BCUT2D eigenvalue weighted by Crippen LogP contribution is 2.26. The summed E-state index contributed by atoms with van der Waals surface area (Å²) in [6.45, 7) is 4.18. The van der Waals surface area contributed by atoms with Crippen LogP contribution in [0.15, 0.2) is 0 Å². The van der Waals surface area contributed by atoms with Gasteiger partial charge < -0.3 is 10.6 Å². The minimum Gasteiger partial charge on any atom is -0.343 e. The zero-order valence-corrected chi connectivity index (χ0v) is 9.49. The number of carbonyl (C=O) groups excluding carboxylic acids is 1. The normalized spacial score (nSPS) is 28.9. The number of hydrogen-bond acceptors (Lipinski definition) is 2. The summed E-state index contributed by atoms with van der Waals surface area (Å²) in [6, 6.07) is 0.421. The van der Waals surface area contributed by atoms with Gasteiger partial charge in [0.2, 0.25) is 5.91 Å². The summed E-state index contributed by atoms with van der Waals surface area (Å²) in [5.41, 5.74) is 5.91. The van der Waals surface area contributed by atoms with Gasteiger partial charge >= 0.3 is 0 Å². The number of rotatable bonds is 3. The smallest absolute Gasteiger partial charge is 0.227 e. The molecule has 82 valence electrons. The van der Waals surface area contributed by atoms with Crippen LogP contribution in [0, 0.1) is 5.92 Å². The molecule has 0 saturated heterocycles. The van der Waals surface area contributed by atoms with Crippen LogP contribution < -0.4 is 5.73 Å². The Morgan fingerprint density at radius 3 is 2.64 bits per heavy atom. The van der Waals surface area contributed by atoms with Crippen LogP contribution >= 0.6 is 0 Å². The van der Waals surface area contributed by atoms with E-state index in [4.69, 9.17) is 5.73 Å². The van der Waals surface area contributed by atoms with E-state index in [2.05, 4.69) is 13.8 Å². The highest BCUT2D eigenvalue weighted by atomic mass is 16.2. The van der Waals surface area contributed by atoms with Crippen molar-refractivity contribution >= 4 is 5.91 Å². The summed E-state index contributed by atoms with van der Waals surface area (Å²) in [5, 5.41) is 0. The number of amides is 1. The fourth-order valence-corrected chi connectivity index (χ4v) is 2.05. The number of carbonyl (C=O) groups is 1. The first-order chi connectivity index (χ1) is 6.57. The van der Waals surface area contributed by atoms with Crippen molar-refractivity contribution in [3.8, 4) is 0 Å². The Morgan fingerprint density at radius 1 is 1.57 bits per heavy atom. The summed E-state index contributed by atoms with van der Waals surface area (Å²) in [7, 11) is 1.89. The lowest BCUT2D eigenvalue weighted by Crippen LogP contribution is -2.43. The average molecular weight is 198 g/mol. The standard InChI is InChI=1S/C11H22N2O/c1-4-8(2)13(3)11(14)9-6-5-7-10(9)12/h8-10H,4-7,12H2,1-3H3. The first kappa shape index (κ1) is 11.5. The van der Waals surface area contributed by atoms with E-state index >= 15 is 0 Å². The van der Waals surface area contributed by atoms with E-state index in [1.807, 2.05) is 11.9 Å². The predicted octanol–water partition coefficient (Wildman–Crippen LogP) is 1.37. The van der Waals surface area contributed by atoms with E-state index in [-0.39, 0.29) is 17.9 Å². The third-order valence-corrected chi connectivity index (χ3v) is 3.49. The van der Waals surface area contributed by atoms with Gasteiger partial charge in [0.25, 0.3) is 0 Å². The van der Waals surface area contributed by atoms with Crippen molar-refractivity contribution in [2.45, 2.75) is 51.6 Å². The highest BCUT2D eigenvalue weighted by molar-refractivity contribution is 5.79. The Kier molecular flexibility index (Phi) is 3.93. The Labute approximate surface area is 86.6 Å². The van der Waals surface area contributed by atoms with Crippen LogP contribution in [0.3, 0.4) is 0 Å². The summed E-state index contributed by atoms with van der Waals surface area (Å²) >= 11 is 0. The van der Waals surface area contributed by atoms with Gasteiger partial charge in [0.15, 0.2) is 0 Å². The third-order valence-electron chi connectivity index (χ3n) is 3.49. The maximum absolute atomic E-state index is 12.0. The molecule has 1 saturated carbocycles. The molecule has 0 aliphatic heterocycles. The quantitative estimate of drug-likeness (QED) is 0.744. The maximum Gasteiger partial charge on any atom is 0.227 e. The first-order valence-electron chi connectivity index (χ1n) is 5.60. The zero-order chi connectivity index (χ0) is 10.7. The lowest BCUT2D eigenvalue weighted by Gasteiger charge is -2.28. The van der Waals surface area contributed by atoms with Gasteiger partial charge in [0.05, 0.1) is 5.92 Å². The summed E-state index contributed by atoms with van der Waals surface area (Å²) in [6.07, 6.45) is 4.08. The Balaban J connectivity index is 2.55. The van der Waals surface area contributed by atoms with Gasteiger partial charge in [0, 0.05) is 19.1 Å². The average Bonchev–Trinajstić information content (AvgIpc) is 2.61. The molecular weight excluding hydrogens is 176 g/mol. The van der Waals surface area contributed by atoms with Crippen molar-refractivity contribution in [3.05, 3.63) is 0 Å². The van der Waals surface area contributed by atoms with E-state index in [0.717, 1.165) is 25.7 Å². The monoisotopic (exact) mass is 198 g/mol. The minimum atomic E-state index is 0.0778. The Bertz CT molecular complexity index is 205. The van der Waals surface area contributed by atoms with Gasteiger partial charge in [-0.25, -0.2) is 0 Å². The van der Waals surface area contributed by atoms with Crippen LogP contribution in [0.2, 0.25) is 0 Å². The number of nitrogens with zero attached hydrogens (tertiary/aromatic N) is 1. The van der Waals surface area contributed by atoms with Crippen LogP contribution in [0.25, 0.3) is 0 Å². The predicted molar refractivity (Wildman–Crippen MR) is 57.8 cm³/mol. The van der Waals surface area contributed by atoms with Gasteiger partial charge in [-0.05, 0) is 26.2 Å². The molecule has 0 aromatic carbocycles. The zero-order valence-electron chi connectivity index (χ0n) is 9.49. The molecule has 3 atom stereocenters. The molecule has 0 spiro atoms. The lowest BCUT2D eigenvalue weighted by molar-refractivity contribution is -0.136. The second kappa shape index (κ2) is 4.78. The van der Waals surface area contributed by atoms with Gasteiger partial charge in [0.1, 0.15) is 0 Å². The number of nitrogens with two attached hydrogens (primary N) is 1. The summed E-state index contributed by atoms with van der Waals surface area (Å²) < 4.78 is 0. The second-order valence-corrected chi connectivity index (χ2v) is 4.41. The highest BCUT2D eigenvalue weighted by Gasteiger charge is 2.33. The molecule has 1 aliphatic rings. The molecule has 0 bridgehead atoms. The van der Waals surface area contributed by atoms with Crippen LogP contribution in [0.4, 0.5) is 0 Å². The van der Waals surface area contributed by atoms with Gasteiger partial charge in [-0.1, -0.05) is 13.3 Å². The van der Waals surface area contributed by atoms with E-state index in [1.165, 1.54) is 0 Å². The molecule has 1 amide bonds. The molecule has 0 radical (unpaired) electrons. The second-order valence-electron chi connectivity index (χ2n) is 4.41. The van der Waals surface area contributed by atoms with Crippen molar-refractivity contribution < 1.29 is 4.79 Å². The van der Waals surface area contributed by atoms with Gasteiger partial charge in [-0.2, -0.15) is 0 Å².